The summed E-state index contributed by atoms with van der Waals surface area (Å²) in [6.45, 7) is 3.79. The number of rotatable bonds is 6. The summed E-state index contributed by atoms with van der Waals surface area (Å²) in [5, 5.41) is 5.92. The van der Waals surface area contributed by atoms with Gasteiger partial charge in [0.1, 0.15) is 5.75 Å². The van der Waals surface area contributed by atoms with E-state index in [1.54, 1.807) is 7.11 Å². The molecule has 0 spiro atoms. The first-order valence-electron chi connectivity index (χ1n) is 9.78. The minimum atomic E-state index is -0.588. The van der Waals surface area contributed by atoms with Gasteiger partial charge in [0.05, 0.1) is 12.5 Å². The van der Waals surface area contributed by atoms with Crippen LogP contribution in [-0.2, 0) is 15.0 Å². The van der Waals surface area contributed by atoms with E-state index in [9.17, 15) is 9.59 Å². The van der Waals surface area contributed by atoms with Gasteiger partial charge < -0.3 is 15.4 Å². The molecule has 2 aromatic rings. The van der Waals surface area contributed by atoms with E-state index in [-0.39, 0.29) is 17.7 Å². The quantitative estimate of drug-likeness (QED) is 0.780. The van der Waals surface area contributed by atoms with Crippen LogP contribution in [-0.4, -0.2) is 18.9 Å². The summed E-state index contributed by atoms with van der Waals surface area (Å²) in [7, 11) is 1.65. The van der Waals surface area contributed by atoms with Gasteiger partial charge in [-0.2, -0.15) is 0 Å². The molecule has 4 rings (SSSR count). The average molecular weight is 378 g/mol. The molecular formula is C23H26N2O3. The van der Waals surface area contributed by atoms with Crippen molar-refractivity contribution < 1.29 is 14.3 Å². The Bertz CT molecular complexity index is 914. The summed E-state index contributed by atoms with van der Waals surface area (Å²) in [5.74, 6) is 1.61. The van der Waals surface area contributed by atoms with E-state index >= 15 is 0 Å². The third-order valence-electron chi connectivity index (χ3n) is 5.93. The van der Waals surface area contributed by atoms with Crippen molar-refractivity contribution >= 4 is 23.2 Å². The van der Waals surface area contributed by atoms with E-state index in [0.717, 1.165) is 22.7 Å². The van der Waals surface area contributed by atoms with Crippen LogP contribution in [0.1, 0.15) is 50.2 Å². The van der Waals surface area contributed by atoms with Crippen LogP contribution in [0, 0.1) is 5.92 Å². The maximum atomic E-state index is 12.8. The van der Waals surface area contributed by atoms with Crippen LogP contribution >= 0.6 is 0 Å². The summed E-state index contributed by atoms with van der Waals surface area (Å²) >= 11 is 0. The molecule has 1 aliphatic heterocycles. The molecule has 2 amide bonds. The van der Waals surface area contributed by atoms with Crippen LogP contribution in [0.3, 0.4) is 0 Å². The second kappa shape index (κ2) is 6.97. The van der Waals surface area contributed by atoms with Gasteiger partial charge in [-0.1, -0.05) is 12.1 Å². The zero-order valence-electron chi connectivity index (χ0n) is 16.5. The number of benzene rings is 2. The van der Waals surface area contributed by atoms with Crippen molar-refractivity contribution in [3.8, 4) is 5.75 Å². The molecule has 5 heteroatoms. The van der Waals surface area contributed by atoms with E-state index in [2.05, 4.69) is 22.8 Å². The van der Waals surface area contributed by atoms with Gasteiger partial charge in [0.15, 0.2) is 0 Å². The normalized spacial score (nSPS) is 18.2. The van der Waals surface area contributed by atoms with Crippen molar-refractivity contribution in [3.05, 3.63) is 53.6 Å². The van der Waals surface area contributed by atoms with Crippen molar-refractivity contribution in [2.24, 2.45) is 5.92 Å². The van der Waals surface area contributed by atoms with Gasteiger partial charge in [-0.15, -0.1) is 0 Å². The third-order valence-corrected chi connectivity index (χ3v) is 5.93. The number of hydrogen-bond acceptors (Lipinski definition) is 3. The second-order valence-electron chi connectivity index (χ2n) is 8.31. The molecule has 2 aromatic carbocycles. The first-order chi connectivity index (χ1) is 13.4. The summed E-state index contributed by atoms with van der Waals surface area (Å²) in [5.41, 5.74) is 3.07. The fraction of sp³-hybridized carbons (Fsp3) is 0.391. The van der Waals surface area contributed by atoms with E-state index < -0.39 is 5.41 Å². The van der Waals surface area contributed by atoms with Gasteiger partial charge >= 0.3 is 0 Å². The van der Waals surface area contributed by atoms with Crippen LogP contribution in [0.5, 0.6) is 5.75 Å². The standard InChI is InChI=1S/C23H26N2O3/c1-23(2)19-12-16(8-11-20(19)25-22(23)27)24-21(26)13-18(14-4-5-14)15-6-9-17(28-3)10-7-15/h6-12,14,18H,4-5,13H2,1-3H3,(H,24,26)(H,25,27). The molecule has 5 nitrogen and oxygen atoms in total. The van der Waals surface area contributed by atoms with Gasteiger partial charge in [-0.25, -0.2) is 0 Å². The highest BCUT2D eigenvalue weighted by molar-refractivity contribution is 6.06. The molecule has 0 aromatic heterocycles. The van der Waals surface area contributed by atoms with Crippen LogP contribution in [0.4, 0.5) is 11.4 Å². The van der Waals surface area contributed by atoms with Gasteiger partial charge in [0.2, 0.25) is 11.8 Å². The van der Waals surface area contributed by atoms with Crippen LogP contribution < -0.4 is 15.4 Å². The monoisotopic (exact) mass is 378 g/mol. The first kappa shape index (κ1) is 18.5. The molecule has 0 radical (unpaired) electrons. The lowest BCUT2D eigenvalue weighted by Crippen LogP contribution is -2.27. The highest BCUT2D eigenvalue weighted by atomic mass is 16.5. The minimum absolute atomic E-state index is 0.00255. The average Bonchev–Trinajstić information content (AvgIpc) is 3.49. The van der Waals surface area contributed by atoms with Crippen LogP contribution in [0.2, 0.25) is 0 Å². The highest BCUT2D eigenvalue weighted by Gasteiger charge is 2.38. The lowest BCUT2D eigenvalue weighted by atomic mass is 9.86. The van der Waals surface area contributed by atoms with Crippen molar-refractivity contribution in [2.45, 2.75) is 44.4 Å². The molecule has 1 atom stereocenters. The van der Waals surface area contributed by atoms with E-state index in [1.165, 1.54) is 18.4 Å². The fourth-order valence-corrected chi connectivity index (χ4v) is 3.97. The van der Waals surface area contributed by atoms with E-state index in [1.807, 2.05) is 44.2 Å². The SMILES string of the molecule is COc1ccc(C(CC(=O)Nc2ccc3c(c2)C(C)(C)C(=O)N3)C2CC2)cc1. The van der Waals surface area contributed by atoms with Crippen molar-refractivity contribution in [3.63, 3.8) is 0 Å². The zero-order valence-corrected chi connectivity index (χ0v) is 16.5. The Kier molecular flexibility index (Phi) is 4.61. The molecule has 0 saturated heterocycles. The maximum absolute atomic E-state index is 12.8. The van der Waals surface area contributed by atoms with Gasteiger partial charge in [0.25, 0.3) is 0 Å². The lowest BCUT2D eigenvalue weighted by molar-refractivity contribution is -0.119. The molecule has 1 unspecified atom stereocenters. The first-order valence-corrected chi connectivity index (χ1v) is 9.78. The molecule has 146 valence electrons. The smallest absolute Gasteiger partial charge is 0.234 e. The summed E-state index contributed by atoms with van der Waals surface area (Å²) in [6.07, 6.45) is 2.80. The van der Waals surface area contributed by atoms with E-state index in [4.69, 9.17) is 4.74 Å². The van der Waals surface area contributed by atoms with Gasteiger partial charge in [-0.3, -0.25) is 9.59 Å². The minimum Gasteiger partial charge on any atom is -0.497 e. The molecule has 0 bridgehead atoms. The number of fused-ring (bicyclic) bond motifs is 1. The molecule has 28 heavy (non-hydrogen) atoms. The highest BCUT2D eigenvalue weighted by Crippen LogP contribution is 2.45. The molecule has 2 N–H and O–H groups in total. The van der Waals surface area contributed by atoms with Gasteiger partial charge in [0, 0.05) is 17.8 Å². The predicted molar refractivity (Wildman–Crippen MR) is 110 cm³/mol. The molecular weight excluding hydrogens is 352 g/mol. The molecule has 1 heterocycles. The van der Waals surface area contributed by atoms with Crippen molar-refractivity contribution in [1.29, 1.82) is 0 Å². The Morgan fingerprint density at radius 1 is 1.21 bits per heavy atom. The maximum Gasteiger partial charge on any atom is 0.234 e. The van der Waals surface area contributed by atoms with Crippen LogP contribution in [0.25, 0.3) is 0 Å². The number of hydrogen-bond donors (Lipinski definition) is 2. The fourth-order valence-electron chi connectivity index (χ4n) is 3.97. The molecule has 2 aliphatic rings. The summed E-state index contributed by atoms with van der Waals surface area (Å²) in [6, 6.07) is 13.6. The number of methoxy groups -OCH3 is 1. The topological polar surface area (TPSA) is 67.4 Å². The van der Waals surface area contributed by atoms with Crippen molar-refractivity contribution in [2.75, 3.05) is 17.7 Å². The number of carbonyl (C=O) groups excluding carboxylic acids is 2. The second-order valence-corrected chi connectivity index (χ2v) is 8.31. The Hall–Kier alpha value is -2.82. The predicted octanol–water partition coefficient (Wildman–Crippen LogP) is 4.45. The Balaban J connectivity index is 1.47. The summed E-state index contributed by atoms with van der Waals surface area (Å²) < 4.78 is 5.24. The number of carbonyl (C=O) groups is 2. The third kappa shape index (κ3) is 3.49. The number of nitrogens with one attached hydrogen (secondary N) is 2. The molecule has 1 saturated carbocycles. The van der Waals surface area contributed by atoms with E-state index in [0.29, 0.717) is 12.3 Å². The molecule has 1 fully saturated rings. The number of anilines is 2. The molecule has 1 aliphatic carbocycles. The van der Waals surface area contributed by atoms with Crippen molar-refractivity contribution in [1.82, 2.24) is 0 Å². The zero-order chi connectivity index (χ0) is 19.9. The lowest BCUT2D eigenvalue weighted by Gasteiger charge is -2.18. The largest absolute Gasteiger partial charge is 0.497 e. The van der Waals surface area contributed by atoms with Gasteiger partial charge in [-0.05, 0) is 80.0 Å². The Labute approximate surface area is 165 Å². The Morgan fingerprint density at radius 2 is 1.93 bits per heavy atom. The number of amides is 2. The number of ether oxygens (including phenoxy) is 1. The van der Waals surface area contributed by atoms with Crippen LogP contribution in [0.15, 0.2) is 42.5 Å². The summed E-state index contributed by atoms with van der Waals surface area (Å²) in [4.78, 5) is 24.9. The Morgan fingerprint density at radius 3 is 2.57 bits per heavy atom.